The van der Waals surface area contributed by atoms with E-state index in [0.29, 0.717) is 29.2 Å². The Morgan fingerprint density at radius 2 is 1.86 bits per heavy atom. The summed E-state index contributed by atoms with van der Waals surface area (Å²) in [7, 11) is 0. The van der Waals surface area contributed by atoms with E-state index in [1.807, 2.05) is 38.1 Å². The first-order valence-electron chi connectivity index (χ1n) is 9.08. The van der Waals surface area contributed by atoms with Gasteiger partial charge < -0.3 is 4.74 Å². The van der Waals surface area contributed by atoms with Crippen molar-refractivity contribution in [2.45, 2.75) is 20.0 Å². The summed E-state index contributed by atoms with van der Waals surface area (Å²) in [6, 6.07) is 12.6. The first-order chi connectivity index (χ1) is 13.9. The molecule has 0 fully saturated rings. The first-order valence-corrected chi connectivity index (χ1v) is 9.96. The second-order valence-electron chi connectivity index (χ2n) is 6.01. The van der Waals surface area contributed by atoms with Crippen molar-refractivity contribution in [3.8, 4) is 17.0 Å². The molecule has 2 aromatic carbocycles. The van der Waals surface area contributed by atoms with Crippen LogP contribution in [0.4, 0.5) is 13.2 Å². The van der Waals surface area contributed by atoms with E-state index < -0.39 is 11.7 Å². The number of aromatic nitrogens is 1. The van der Waals surface area contributed by atoms with Crippen LogP contribution >= 0.6 is 11.3 Å². The number of hydrogen-bond acceptors (Lipinski definition) is 4. The average Bonchev–Trinajstić information content (AvgIpc) is 3.10. The van der Waals surface area contributed by atoms with Crippen molar-refractivity contribution in [2.75, 3.05) is 13.2 Å². The van der Waals surface area contributed by atoms with Gasteiger partial charge in [0.1, 0.15) is 5.75 Å². The van der Waals surface area contributed by atoms with E-state index in [4.69, 9.17) is 4.74 Å². The fourth-order valence-electron chi connectivity index (χ4n) is 2.65. The summed E-state index contributed by atoms with van der Waals surface area (Å²) < 4.78 is 46.3. The van der Waals surface area contributed by atoms with E-state index in [9.17, 15) is 13.2 Å². The second kappa shape index (κ2) is 9.09. The molecule has 0 bridgehead atoms. The number of ether oxygens (including phenoxy) is 1. The van der Waals surface area contributed by atoms with Gasteiger partial charge in [-0.3, -0.25) is 4.99 Å². The zero-order chi connectivity index (χ0) is 20.9. The summed E-state index contributed by atoms with van der Waals surface area (Å²) >= 11 is 1.33. The van der Waals surface area contributed by atoms with Gasteiger partial charge in [-0.25, -0.2) is 4.68 Å². The molecule has 0 saturated carbocycles. The lowest BCUT2D eigenvalue weighted by Crippen LogP contribution is -2.12. The maximum atomic E-state index is 13.1. The Morgan fingerprint density at radius 3 is 2.52 bits per heavy atom. The minimum Gasteiger partial charge on any atom is -0.494 e. The molecule has 0 aliphatic carbocycles. The van der Waals surface area contributed by atoms with Crippen molar-refractivity contribution in [3.05, 3.63) is 69.8 Å². The molecule has 0 saturated heterocycles. The molecule has 0 aliphatic heterocycles. The van der Waals surface area contributed by atoms with Crippen LogP contribution in [0.5, 0.6) is 5.75 Å². The Balaban J connectivity index is 2.00. The lowest BCUT2D eigenvalue weighted by Gasteiger charge is -2.09. The third-order valence-corrected chi connectivity index (χ3v) is 4.83. The van der Waals surface area contributed by atoms with E-state index in [1.54, 1.807) is 22.3 Å². The van der Waals surface area contributed by atoms with Gasteiger partial charge >= 0.3 is 6.18 Å². The Hall–Kier alpha value is -2.87. The van der Waals surface area contributed by atoms with Crippen molar-refractivity contribution >= 4 is 17.6 Å². The van der Waals surface area contributed by atoms with Gasteiger partial charge in [0.2, 0.25) is 4.80 Å². The molecule has 29 heavy (non-hydrogen) atoms. The van der Waals surface area contributed by atoms with Crippen LogP contribution in [-0.2, 0) is 6.18 Å². The van der Waals surface area contributed by atoms with Crippen molar-refractivity contribution in [1.29, 1.82) is 0 Å². The summed E-state index contributed by atoms with van der Waals surface area (Å²) in [5.74, 6) is 0.763. The Bertz CT molecular complexity index is 1050. The summed E-state index contributed by atoms with van der Waals surface area (Å²) in [5.41, 5.74) is 1.12. The minimum atomic E-state index is -4.40. The van der Waals surface area contributed by atoms with E-state index in [-0.39, 0.29) is 0 Å². The molecule has 4 nitrogen and oxygen atoms in total. The van der Waals surface area contributed by atoms with Gasteiger partial charge in [-0.15, -0.1) is 11.3 Å². The molecule has 0 aliphatic rings. The summed E-state index contributed by atoms with van der Waals surface area (Å²) in [5, 5.41) is 6.25. The summed E-state index contributed by atoms with van der Waals surface area (Å²) in [6.45, 7) is 4.93. The third kappa shape index (κ3) is 5.14. The number of halogens is 3. The number of hydrogen-bond donors (Lipinski definition) is 0. The normalized spacial score (nSPS) is 12.7. The molecule has 0 spiro atoms. The van der Waals surface area contributed by atoms with Crippen LogP contribution in [-0.4, -0.2) is 24.0 Å². The van der Waals surface area contributed by atoms with Gasteiger partial charge in [0, 0.05) is 17.5 Å². The van der Waals surface area contributed by atoms with Crippen molar-refractivity contribution in [1.82, 2.24) is 4.68 Å². The predicted octanol–water partition coefficient (Wildman–Crippen LogP) is 5.44. The van der Waals surface area contributed by atoms with Crippen molar-refractivity contribution in [3.63, 3.8) is 0 Å². The van der Waals surface area contributed by atoms with Gasteiger partial charge in [-0.05, 0) is 55.8 Å². The highest BCUT2D eigenvalue weighted by molar-refractivity contribution is 7.07. The van der Waals surface area contributed by atoms with Gasteiger partial charge in [0.15, 0.2) is 0 Å². The van der Waals surface area contributed by atoms with Crippen LogP contribution in [0.25, 0.3) is 11.3 Å². The monoisotopic (exact) mass is 419 g/mol. The molecule has 152 valence electrons. The molecule has 0 unspecified atom stereocenters. The fourth-order valence-corrected chi connectivity index (χ4v) is 3.55. The highest BCUT2D eigenvalue weighted by atomic mass is 32.1. The Morgan fingerprint density at radius 1 is 1.10 bits per heavy atom. The minimum absolute atomic E-state index is 0.428. The lowest BCUT2D eigenvalue weighted by atomic mass is 10.1. The standard InChI is InChI=1S/C21H20F3N3OS/c1-3-25-20-27(26-13-15-8-10-18(11-9-15)28-4-2)19(14-29-20)16-6-5-7-17(12-16)21(22,23)24/h5-14H,3-4H2,1-2H3. The number of alkyl halides is 3. The summed E-state index contributed by atoms with van der Waals surface area (Å²) in [6.07, 6.45) is -2.76. The molecule has 1 heterocycles. The molecule has 0 radical (unpaired) electrons. The first kappa shape index (κ1) is 20.9. The zero-order valence-corrected chi connectivity index (χ0v) is 16.8. The lowest BCUT2D eigenvalue weighted by molar-refractivity contribution is -0.137. The quantitative estimate of drug-likeness (QED) is 0.491. The van der Waals surface area contributed by atoms with Gasteiger partial charge in [-0.1, -0.05) is 12.1 Å². The van der Waals surface area contributed by atoms with E-state index in [0.717, 1.165) is 23.4 Å². The molecule has 3 rings (SSSR count). The third-order valence-electron chi connectivity index (χ3n) is 3.98. The van der Waals surface area contributed by atoms with E-state index >= 15 is 0 Å². The van der Waals surface area contributed by atoms with Gasteiger partial charge in [0.05, 0.1) is 24.1 Å². The van der Waals surface area contributed by atoms with Gasteiger partial charge in [0.25, 0.3) is 0 Å². The van der Waals surface area contributed by atoms with Crippen LogP contribution in [0, 0.1) is 0 Å². The molecular weight excluding hydrogens is 399 g/mol. The molecule has 3 aromatic rings. The topological polar surface area (TPSA) is 38.9 Å². The zero-order valence-electron chi connectivity index (χ0n) is 16.0. The van der Waals surface area contributed by atoms with E-state index in [2.05, 4.69) is 10.1 Å². The molecule has 0 N–H and O–H groups in total. The van der Waals surface area contributed by atoms with E-state index in [1.165, 1.54) is 17.4 Å². The van der Waals surface area contributed by atoms with Crippen molar-refractivity contribution in [2.24, 2.45) is 10.1 Å². The van der Waals surface area contributed by atoms with Crippen LogP contribution in [0.1, 0.15) is 25.0 Å². The second-order valence-corrected chi connectivity index (χ2v) is 6.85. The fraction of sp³-hybridized carbons (Fsp3) is 0.238. The summed E-state index contributed by atoms with van der Waals surface area (Å²) in [4.78, 5) is 5.01. The number of thiazole rings is 1. The van der Waals surface area contributed by atoms with Crippen LogP contribution in [0.15, 0.2) is 64.0 Å². The highest BCUT2D eigenvalue weighted by Crippen LogP contribution is 2.32. The molecule has 8 heteroatoms. The van der Waals surface area contributed by atoms with Crippen LogP contribution < -0.4 is 9.54 Å². The predicted molar refractivity (Wildman–Crippen MR) is 109 cm³/mol. The van der Waals surface area contributed by atoms with Crippen LogP contribution in [0.3, 0.4) is 0 Å². The van der Waals surface area contributed by atoms with Crippen molar-refractivity contribution < 1.29 is 17.9 Å². The highest BCUT2D eigenvalue weighted by Gasteiger charge is 2.30. The average molecular weight is 419 g/mol. The molecule has 1 aromatic heterocycles. The maximum absolute atomic E-state index is 13.1. The Kier molecular flexibility index (Phi) is 6.53. The number of benzene rings is 2. The molecule has 0 atom stereocenters. The smallest absolute Gasteiger partial charge is 0.416 e. The SMILES string of the molecule is CCN=c1scc(-c2cccc(C(F)(F)F)c2)n1N=Cc1ccc(OCC)cc1. The van der Waals surface area contributed by atoms with Crippen LogP contribution in [0.2, 0.25) is 0 Å². The van der Waals surface area contributed by atoms with Gasteiger partial charge in [-0.2, -0.15) is 18.3 Å². The largest absolute Gasteiger partial charge is 0.494 e. The number of rotatable bonds is 6. The maximum Gasteiger partial charge on any atom is 0.416 e. The Labute approximate surface area is 170 Å². The number of nitrogens with zero attached hydrogens (tertiary/aromatic N) is 3. The molecular formula is C21H20F3N3OS. The molecule has 0 amide bonds.